The standard InChI is InChI=1S/C10H19N3O2/c1-4-12(3)9(14)7-13-6-5-8(11-2)10(13)15/h8,11H,4-7H2,1-3H3. The van der Waals surface area contributed by atoms with E-state index in [1.54, 1.807) is 23.9 Å². The highest BCUT2D eigenvalue weighted by Crippen LogP contribution is 2.10. The summed E-state index contributed by atoms with van der Waals surface area (Å²) in [7, 11) is 3.52. The van der Waals surface area contributed by atoms with Crippen LogP contribution in [-0.2, 0) is 9.59 Å². The Kier molecular flexibility index (Phi) is 4.08. The third-order valence-electron chi connectivity index (χ3n) is 2.87. The van der Waals surface area contributed by atoms with Crippen molar-refractivity contribution < 1.29 is 9.59 Å². The van der Waals surface area contributed by atoms with Gasteiger partial charge in [0, 0.05) is 20.1 Å². The predicted octanol–water partition coefficient (Wildman–Crippen LogP) is -0.715. The summed E-state index contributed by atoms with van der Waals surface area (Å²) >= 11 is 0. The molecule has 1 aliphatic heterocycles. The van der Waals surface area contributed by atoms with Crippen molar-refractivity contribution in [3.8, 4) is 0 Å². The van der Waals surface area contributed by atoms with Gasteiger partial charge in [-0.3, -0.25) is 9.59 Å². The van der Waals surface area contributed by atoms with Gasteiger partial charge < -0.3 is 15.1 Å². The van der Waals surface area contributed by atoms with Crippen molar-refractivity contribution in [2.75, 3.05) is 33.7 Å². The Morgan fingerprint density at radius 2 is 2.33 bits per heavy atom. The second-order valence-electron chi connectivity index (χ2n) is 3.80. The summed E-state index contributed by atoms with van der Waals surface area (Å²) in [6, 6.07) is -0.107. The first-order chi connectivity index (χ1) is 7.10. The Labute approximate surface area is 90.4 Å². The van der Waals surface area contributed by atoms with Crippen LogP contribution >= 0.6 is 0 Å². The fourth-order valence-electron chi connectivity index (χ4n) is 1.62. The molecule has 0 aromatic heterocycles. The molecule has 15 heavy (non-hydrogen) atoms. The Hall–Kier alpha value is -1.10. The third-order valence-corrected chi connectivity index (χ3v) is 2.87. The molecule has 0 aliphatic carbocycles. The van der Waals surface area contributed by atoms with Crippen molar-refractivity contribution in [3.05, 3.63) is 0 Å². The zero-order valence-electron chi connectivity index (χ0n) is 9.62. The summed E-state index contributed by atoms with van der Waals surface area (Å²) in [5, 5.41) is 2.94. The molecule has 1 rings (SSSR count). The second kappa shape index (κ2) is 5.11. The molecule has 0 bridgehead atoms. The molecule has 1 atom stereocenters. The second-order valence-corrected chi connectivity index (χ2v) is 3.80. The van der Waals surface area contributed by atoms with Crippen molar-refractivity contribution in [1.29, 1.82) is 0 Å². The number of rotatable bonds is 4. The van der Waals surface area contributed by atoms with Gasteiger partial charge in [-0.1, -0.05) is 0 Å². The van der Waals surface area contributed by atoms with Crippen LogP contribution in [0.25, 0.3) is 0 Å². The summed E-state index contributed by atoms with van der Waals surface area (Å²) in [6.07, 6.45) is 0.790. The molecule has 5 nitrogen and oxygen atoms in total. The van der Waals surface area contributed by atoms with Gasteiger partial charge in [-0.25, -0.2) is 0 Å². The van der Waals surface area contributed by atoms with Gasteiger partial charge in [0.25, 0.3) is 0 Å². The van der Waals surface area contributed by atoms with Crippen LogP contribution in [0.1, 0.15) is 13.3 Å². The summed E-state index contributed by atoms with van der Waals surface area (Å²) in [5.74, 6) is 0.0398. The molecule has 1 saturated heterocycles. The van der Waals surface area contributed by atoms with Crippen molar-refractivity contribution in [2.24, 2.45) is 0 Å². The molecule has 0 saturated carbocycles. The molecule has 2 amide bonds. The molecule has 0 aromatic rings. The molecule has 1 N–H and O–H groups in total. The van der Waals surface area contributed by atoms with E-state index in [0.717, 1.165) is 6.42 Å². The van der Waals surface area contributed by atoms with Crippen LogP contribution in [-0.4, -0.2) is 61.4 Å². The fourth-order valence-corrected chi connectivity index (χ4v) is 1.62. The van der Waals surface area contributed by atoms with Gasteiger partial charge in [-0.15, -0.1) is 0 Å². The topological polar surface area (TPSA) is 52.7 Å². The first-order valence-electron chi connectivity index (χ1n) is 5.30. The van der Waals surface area contributed by atoms with Gasteiger partial charge in [0.05, 0.1) is 12.6 Å². The van der Waals surface area contributed by atoms with Crippen LogP contribution in [0, 0.1) is 0 Å². The monoisotopic (exact) mass is 213 g/mol. The van der Waals surface area contributed by atoms with E-state index in [1.165, 1.54) is 0 Å². The highest BCUT2D eigenvalue weighted by Gasteiger charge is 2.31. The number of carbonyl (C=O) groups is 2. The molecule has 0 radical (unpaired) electrons. The summed E-state index contributed by atoms with van der Waals surface area (Å²) < 4.78 is 0. The average molecular weight is 213 g/mol. The lowest BCUT2D eigenvalue weighted by Crippen LogP contribution is -2.42. The lowest BCUT2D eigenvalue weighted by atomic mass is 10.3. The van der Waals surface area contributed by atoms with E-state index in [1.807, 2.05) is 6.92 Å². The molecular weight excluding hydrogens is 194 g/mol. The number of likely N-dealkylation sites (tertiary alicyclic amines) is 1. The van der Waals surface area contributed by atoms with Gasteiger partial charge in [-0.05, 0) is 20.4 Å². The zero-order valence-corrected chi connectivity index (χ0v) is 9.62. The first kappa shape index (κ1) is 12.0. The molecule has 1 aliphatic rings. The number of likely N-dealkylation sites (N-methyl/N-ethyl adjacent to an activating group) is 2. The average Bonchev–Trinajstić information content (AvgIpc) is 2.58. The number of hydrogen-bond acceptors (Lipinski definition) is 3. The minimum absolute atomic E-state index is 0.00241. The molecular formula is C10H19N3O2. The highest BCUT2D eigenvalue weighted by molar-refractivity contribution is 5.88. The van der Waals surface area contributed by atoms with Gasteiger partial charge >= 0.3 is 0 Å². The van der Waals surface area contributed by atoms with Crippen LogP contribution in [0.2, 0.25) is 0 Å². The van der Waals surface area contributed by atoms with Crippen LogP contribution in [0.3, 0.4) is 0 Å². The van der Waals surface area contributed by atoms with Gasteiger partial charge in [0.2, 0.25) is 11.8 Å². The SMILES string of the molecule is CCN(C)C(=O)CN1CCC(NC)C1=O. The normalized spacial score (nSPS) is 20.9. The quantitative estimate of drug-likeness (QED) is 0.671. The molecule has 0 spiro atoms. The Bertz CT molecular complexity index is 255. The van der Waals surface area contributed by atoms with E-state index in [-0.39, 0.29) is 24.4 Å². The van der Waals surface area contributed by atoms with Crippen molar-refractivity contribution in [1.82, 2.24) is 15.1 Å². The maximum Gasteiger partial charge on any atom is 0.241 e. The van der Waals surface area contributed by atoms with Gasteiger partial charge in [0.15, 0.2) is 0 Å². The molecule has 86 valence electrons. The van der Waals surface area contributed by atoms with Crippen LogP contribution < -0.4 is 5.32 Å². The molecule has 1 unspecified atom stereocenters. The van der Waals surface area contributed by atoms with Crippen LogP contribution in [0.4, 0.5) is 0 Å². The third kappa shape index (κ3) is 2.68. The van der Waals surface area contributed by atoms with Crippen molar-refractivity contribution >= 4 is 11.8 Å². The maximum absolute atomic E-state index is 11.7. The number of nitrogens with zero attached hydrogens (tertiary/aromatic N) is 2. The highest BCUT2D eigenvalue weighted by atomic mass is 16.2. The summed E-state index contributed by atoms with van der Waals surface area (Å²) in [6.45, 7) is 3.48. The predicted molar refractivity (Wildman–Crippen MR) is 57.4 cm³/mol. The minimum atomic E-state index is -0.107. The van der Waals surface area contributed by atoms with Crippen molar-refractivity contribution in [2.45, 2.75) is 19.4 Å². The largest absolute Gasteiger partial charge is 0.345 e. The zero-order chi connectivity index (χ0) is 11.4. The minimum Gasteiger partial charge on any atom is -0.345 e. The van der Waals surface area contributed by atoms with Gasteiger partial charge in [0.1, 0.15) is 0 Å². The summed E-state index contributed by atoms with van der Waals surface area (Å²) in [4.78, 5) is 26.5. The Morgan fingerprint density at radius 3 is 2.80 bits per heavy atom. The number of carbonyl (C=O) groups excluding carboxylic acids is 2. The van der Waals surface area contributed by atoms with Gasteiger partial charge in [-0.2, -0.15) is 0 Å². The summed E-state index contributed by atoms with van der Waals surface area (Å²) in [5.41, 5.74) is 0. The number of amides is 2. The van der Waals surface area contributed by atoms with E-state index in [9.17, 15) is 9.59 Å². The van der Waals surface area contributed by atoms with E-state index in [0.29, 0.717) is 13.1 Å². The fraction of sp³-hybridized carbons (Fsp3) is 0.800. The smallest absolute Gasteiger partial charge is 0.241 e. The number of hydrogen-bond donors (Lipinski definition) is 1. The maximum atomic E-state index is 11.7. The van der Waals surface area contributed by atoms with Crippen LogP contribution in [0.5, 0.6) is 0 Å². The van der Waals surface area contributed by atoms with E-state index >= 15 is 0 Å². The van der Waals surface area contributed by atoms with Crippen LogP contribution in [0.15, 0.2) is 0 Å². The lowest BCUT2D eigenvalue weighted by Gasteiger charge is -2.20. The molecule has 0 aromatic carbocycles. The first-order valence-corrected chi connectivity index (χ1v) is 5.30. The molecule has 1 fully saturated rings. The Balaban J connectivity index is 2.47. The molecule has 5 heteroatoms. The van der Waals surface area contributed by atoms with Crippen molar-refractivity contribution in [3.63, 3.8) is 0 Å². The number of nitrogens with one attached hydrogen (secondary N) is 1. The van der Waals surface area contributed by atoms with E-state index in [4.69, 9.17) is 0 Å². The Morgan fingerprint density at radius 1 is 1.67 bits per heavy atom. The molecule has 1 heterocycles. The van der Waals surface area contributed by atoms with E-state index in [2.05, 4.69) is 5.32 Å². The lowest BCUT2D eigenvalue weighted by molar-refractivity contribution is -0.138. The van der Waals surface area contributed by atoms with E-state index < -0.39 is 0 Å².